The lowest BCUT2D eigenvalue weighted by Crippen LogP contribution is -2.34. The molecule has 7 nitrogen and oxygen atoms in total. The Labute approximate surface area is 163 Å². The molecule has 1 amide bonds. The van der Waals surface area contributed by atoms with Gasteiger partial charge in [0, 0.05) is 24.6 Å². The molecule has 1 aromatic carbocycles. The van der Waals surface area contributed by atoms with E-state index in [4.69, 9.17) is 14.2 Å². The monoisotopic (exact) mass is 382 g/mol. The van der Waals surface area contributed by atoms with Crippen molar-refractivity contribution < 1.29 is 23.8 Å². The van der Waals surface area contributed by atoms with Crippen LogP contribution in [0.15, 0.2) is 30.3 Å². The molecule has 1 aliphatic carbocycles. The van der Waals surface area contributed by atoms with E-state index in [2.05, 4.69) is 10.3 Å². The molecule has 4 rings (SSSR count). The van der Waals surface area contributed by atoms with Gasteiger partial charge in [0.25, 0.3) is 11.7 Å². The summed E-state index contributed by atoms with van der Waals surface area (Å²) in [5, 5.41) is 2.81. The van der Waals surface area contributed by atoms with Crippen LogP contribution in [0.5, 0.6) is 11.5 Å². The quantitative estimate of drug-likeness (QED) is 0.808. The summed E-state index contributed by atoms with van der Waals surface area (Å²) >= 11 is 0. The van der Waals surface area contributed by atoms with Crippen molar-refractivity contribution in [3.63, 3.8) is 0 Å². The van der Waals surface area contributed by atoms with Crippen molar-refractivity contribution in [3.05, 3.63) is 47.3 Å². The third-order valence-electron chi connectivity index (χ3n) is 4.97. The van der Waals surface area contributed by atoms with Gasteiger partial charge in [-0.05, 0) is 51.0 Å². The van der Waals surface area contributed by atoms with E-state index in [1.807, 2.05) is 0 Å². The average Bonchev–Trinajstić information content (AvgIpc) is 3.27. The zero-order valence-electron chi connectivity index (χ0n) is 15.9. The van der Waals surface area contributed by atoms with E-state index in [0.29, 0.717) is 28.4 Å². The number of rotatable bonds is 4. The highest BCUT2D eigenvalue weighted by Gasteiger charge is 2.44. The van der Waals surface area contributed by atoms with Gasteiger partial charge in [0.15, 0.2) is 11.5 Å². The minimum atomic E-state index is -0.535. The van der Waals surface area contributed by atoms with Crippen LogP contribution >= 0.6 is 0 Å². The molecule has 1 saturated carbocycles. The van der Waals surface area contributed by atoms with Crippen molar-refractivity contribution in [1.29, 1.82) is 0 Å². The number of carbonyl (C=O) groups is 2. The van der Waals surface area contributed by atoms with Crippen LogP contribution in [0.25, 0.3) is 0 Å². The average molecular weight is 382 g/mol. The van der Waals surface area contributed by atoms with Crippen LogP contribution in [0.1, 0.15) is 59.1 Å². The highest BCUT2D eigenvalue weighted by Crippen LogP contribution is 2.47. The number of anilines is 1. The normalized spacial score (nSPS) is 16.2. The fourth-order valence-electron chi connectivity index (χ4n) is 3.60. The Balaban J connectivity index is 1.48. The van der Waals surface area contributed by atoms with Crippen molar-refractivity contribution in [2.24, 2.45) is 0 Å². The first kappa shape index (κ1) is 18.3. The van der Waals surface area contributed by atoms with Crippen molar-refractivity contribution in [2.45, 2.75) is 45.3 Å². The Morgan fingerprint density at radius 3 is 2.61 bits per heavy atom. The lowest BCUT2D eigenvalue weighted by Gasteiger charge is -2.21. The van der Waals surface area contributed by atoms with E-state index in [-0.39, 0.29) is 18.2 Å². The zero-order chi connectivity index (χ0) is 19.7. The van der Waals surface area contributed by atoms with Crippen LogP contribution in [0.4, 0.5) is 5.69 Å². The number of carbonyl (C=O) groups excluding carboxylic acids is 2. The molecule has 7 heteroatoms. The minimum absolute atomic E-state index is 0.218. The largest absolute Gasteiger partial charge is 0.462 e. The second kappa shape index (κ2) is 7.14. The Bertz CT molecular complexity index is 934. The minimum Gasteiger partial charge on any atom is -0.462 e. The number of aryl methyl sites for hydroxylation is 1. The van der Waals surface area contributed by atoms with Crippen LogP contribution < -0.4 is 14.8 Å². The molecule has 0 saturated heterocycles. The molecule has 28 heavy (non-hydrogen) atoms. The Morgan fingerprint density at radius 1 is 1.14 bits per heavy atom. The lowest BCUT2D eigenvalue weighted by atomic mass is 10.2. The topological polar surface area (TPSA) is 86.8 Å². The van der Waals surface area contributed by atoms with E-state index in [1.54, 1.807) is 38.1 Å². The summed E-state index contributed by atoms with van der Waals surface area (Å²) in [5.74, 6) is -0.00906. The van der Waals surface area contributed by atoms with Crippen LogP contribution in [0.3, 0.4) is 0 Å². The van der Waals surface area contributed by atoms with E-state index in [1.165, 1.54) is 6.07 Å². The molecular weight excluding hydrogens is 360 g/mol. The Kier molecular flexibility index (Phi) is 4.66. The van der Waals surface area contributed by atoms with Gasteiger partial charge in [-0.1, -0.05) is 0 Å². The summed E-state index contributed by atoms with van der Waals surface area (Å²) in [7, 11) is 0. The van der Waals surface area contributed by atoms with Crippen LogP contribution in [0.2, 0.25) is 0 Å². The van der Waals surface area contributed by atoms with Gasteiger partial charge in [-0.15, -0.1) is 0 Å². The number of amides is 1. The van der Waals surface area contributed by atoms with Gasteiger partial charge < -0.3 is 19.5 Å². The number of nitrogens with one attached hydrogen (secondary N) is 1. The number of ether oxygens (including phenoxy) is 3. The number of benzene rings is 1. The maximum absolute atomic E-state index is 12.6. The zero-order valence-corrected chi connectivity index (χ0v) is 15.9. The highest BCUT2D eigenvalue weighted by molar-refractivity contribution is 6.03. The highest BCUT2D eigenvalue weighted by atomic mass is 16.7. The fraction of sp³-hybridized carbons (Fsp3) is 0.381. The van der Waals surface area contributed by atoms with Crippen molar-refractivity contribution in [3.8, 4) is 11.5 Å². The van der Waals surface area contributed by atoms with E-state index in [0.717, 1.165) is 25.7 Å². The van der Waals surface area contributed by atoms with Crippen molar-refractivity contribution in [2.75, 3.05) is 11.9 Å². The molecule has 2 heterocycles. The van der Waals surface area contributed by atoms with Crippen LogP contribution in [0, 0.1) is 6.92 Å². The SMILES string of the molecule is CCOC(=O)c1ccc(C(=O)Nc2ccc3c(c2)OC2(CCCC2)O3)nc1C. The molecule has 1 N–H and O–H groups in total. The molecule has 1 aliphatic heterocycles. The number of nitrogens with zero attached hydrogens (tertiary/aromatic N) is 1. The molecule has 1 aromatic heterocycles. The molecule has 1 fully saturated rings. The molecular formula is C21H22N2O5. The van der Waals surface area contributed by atoms with Gasteiger partial charge in [0.1, 0.15) is 5.69 Å². The van der Waals surface area contributed by atoms with Crippen molar-refractivity contribution >= 4 is 17.6 Å². The molecule has 0 unspecified atom stereocenters. The predicted molar refractivity (Wildman–Crippen MR) is 102 cm³/mol. The molecule has 0 bridgehead atoms. The number of fused-ring (bicyclic) bond motifs is 1. The maximum Gasteiger partial charge on any atom is 0.339 e. The number of aromatic nitrogens is 1. The first-order valence-electron chi connectivity index (χ1n) is 9.48. The third kappa shape index (κ3) is 3.40. The second-order valence-corrected chi connectivity index (χ2v) is 6.99. The second-order valence-electron chi connectivity index (χ2n) is 6.99. The summed E-state index contributed by atoms with van der Waals surface area (Å²) < 4.78 is 17.0. The first-order valence-corrected chi connectivity index (χ1v) is 9.48. The standard InChI is InChI=1S/C21H22N2O5/c1-3-26-20(25)15-7-8-16(22-13(15)2)19(24)23-14-6-9-17-18(12-14)28-21(27-17)10-4-5-11-21/h6-9,12H,3-5,10-11H2,1-2H3,(H,23,24). The summed E-state index contributed by atoms with van der Waals surface area (Å²) in [4.78, 5) is 28.7. The Hall–Kier alpha value is -3.09. The number of hydrogen-bond donors (Lipinski definition) is 1. The van der Waals surface area contributed by atoms with Gasteiger partial charge in [-0.2, -0.15) is 0 Å². The summed E-state index contributed by atoms with van der Waals surface area (Å²) in [5.41, 5.74) is 1.61. The molecule has 2 aromatic rings. The lowest BCUT2D eigenvalue weighted by molar-refractivity contribution is -0.0716. The van der Waals surface area contributed by atoms with Gasteiger partial charge in [0.2, 0.25) is 0 Å². The fourth-order valence-corrected chi connectivity index (χ4v) is 3.60. The van der Waals surface area contributed by atoms with E-state index >= 15 is 0 Å². The smallest absolute Gasteiger partial charge is 0.339 e. The van der Waals surface area contributed by atoms with E-state index in [9.17, 15) is 9.59 Å². The van der Waals surface area contributed by atoms with E-state index < -0.39 is 11.8 Å². The summed E-state index contributed by atoms with van der Waals surface area (Å²) in [6.07, 6.45) is 3.92. The molecule has 1 spiro atoms. The molecule has 0 atom stereocenters. The van der Waals surface area contributed by atoms with Crippen LogP contribution in [-0.2, 0) is 4.74 Å². The molecule has 146 valence electrons. The first-order chi connectivity index (χ1) is 13.5. The molecule has 0 radical (unpaired) electrons. The third-order valence-corrected chi connectivity index (χ3v) is 4.97. The Morgan fingerprint density at radius 2 is 1.89 bits per heavy atom. The number of esters is 1. The van der Waals surface area contributed by atoms with Gasteiger partial charge in [-0.25, -0.2) is 9.78 Å². The number of hydrogen-bond acceptors (Lipinski definition) is 6. The summed E-state index contributed by atoms with van der Waals surface area (Å²) in [6.45, 7) is 3.69. The van der Waals surface area contributed by atoms with Gasteiger partial charge >= 0.3 is 5.97 Å². The van der Waals surface area contributed by atoms with Gasteiger partial charge in [0.05, 0.1) is 17.9 Å². The van der Waals surface area contributed by atoms with Crippen LogP contribution in [-0.4, -0.2) is 29.3 Å². The summed E-state index contributed by atoms with van der Waals surface area (Å²) in [6, 6.07) is 8.41. The predicted octanol–water partition coefficient (Wildman–Crippen LogP) is 3.86. The number of pyridine rings is 1. The molecule has 2 aliphatic rings. The van der Waals surface area contributed by atoms with Gasteiger partial charge in [-0.3, -0.25) is 4.79 Å². The maximum atomic E-state index is 12.6. The van der Waals surface area contributed by atoms with Crippen molar-refractivity contribution in [1.82, 2.24) is 4.98 Å².